The van der Waals surface area contributed by atoms with E-state index in [0.717, 1.165) is 18.4 Å². The third-order valence-electron chi connectivity index (χ3n) is 2.59. The van der Waals surface area contributed by atoms with E-state index in [0.29, 0.717) is 24.0 Å². The molecule has 0 aromatic heterocycles. The van der Waals surface area contributed by atoms with Gasteiger partial charge in [0.2, 0.25) is 0 Å². The first-order chi connectivity index (χ1) is 8.17. The molecule has 0 aliphatic rings. The highest BCUT2D eigenvalue weighted by Crippen LogP contribution is 2.28. The summed E-state index contributed by atoms with van der Waals surface area (Å²) in [7, 11) is 1.62. The molecule has 0 aliphatic carbocycles. The Morgan fingerprint density at radius 2 is 2.00 bits per heavy atom. The van der Waals surface area contributed by atoms with Crippen LogP contribution in [-0.4, -0.2) is 18.8 Å². The van der Waals surface area contributed by atoms with Gasteiger partial charge in [0.1, 0.15) is 0 Å². The molecule has 0 unspecified atom stereocenters. The number of hydrogen-bond acceptors (Lipinski definition) is 3. The van der Waals surface area contributed by atoms with E-state index in [1.165, 1.54) is 0 Å². The Labute approximate surface area is 103 Å². The van der Waals surface area contributed by atoms with Crippen molar-refractivity contribution < 1.29 is 14.6 Å². The largest absolute Gasteiger partial charge is 0.493 e. The van der Waals surface area contributed by atoms with Gasteiger partial charge in [-0.05, 0) is 36.5 Å². The first-order valence-corrected chi connectivity index (χ1v) is 6.08. The number of aliphatic hydroxyl groups excluding tert-OH is 1. The molecule has 0 aliphatic heterocycles. The highest BCUT2D eigenvalue weighted by atomic mass is 16.5. The van der Waals surface area contributed by atoms with Gasteiger partial charge < -0.3 is 14.6 Å². The average molecular weight is 238 g/mol. The topological polar surface area (TPSA) is 38.7 Å². The van der Waals surface area contributed by atoms with E-state index in [4.69, 9.17) is 14.6 Å². The maximum absolute atomic E-state index is 9.07. The van der Waals surface area contributed by atoms with E-state index in [1.54, 1.807) is 7.11 Å². The minimum absolute atomic E-state index is 0.0202. The number of hydrogen-bond donors (Lipinski definition) is 1. The molecule has 0 bridgehead atoms. The van der Waals surface area contributed by atoms with Gasteiger partial charge in [-0.15, -0.1) is 0 Å². The summed E-state index contributed by atoms with van der Waals surface area (Å²) in [5, 5.41) is 9.07. The molecule has 96 valence electrons. The SMILES string of the molecule is COc1ccc(CO)cc1OCCCC(C)C. The molecule has 3 heteroatoms. The van der Waals surface area contributed by atoms with Gasteiger partial charge in [0, 0.05) is 0 Å². The van der Waals surface area contributed by atoms with Crippen LogP contribution in [0.3, 0.4) is 0 Å². The smallest absolute Gasteiger partial charge is 0.161 e. The zero-order valence-corrected chi connectivity index (χ0v) is 10.9. The van der Waals surface area contributed by atoms with Crippen LogP contribution in [-0.2, 0) is 6.61 Å². The van der Waals surface area contributed by atoms with E-state index in [1.807, 2.05) is 18.2 Å². The van der Waals surface area contributed by atoms with Crippen LogP contribution in [0.1, 0.15) is 32.3 Å². The Hall–Kier alpha value is -1.22. The van der Waals surface area contributed by atoms with Gasteiger partial charge >= 0.3 is 0 Å². The van der Waals surface area contributed by atoms with Crippen LogP contribution in [0.25, 0.3) is 0 Å². The summed E-state index contributed by atoms with van der Waals surface area (Å²) in [6.45, 7) is 5.11. The van der Waals surface area contributed by atoms with Crippen molar-refractivity contribution in [1.82, 2.24) is 0 Å². The Morgan fingerprint density at radius 3 is 2.59 bits per heavy atom. The fourth-order valence-electron chi connectivity index (χ4n) is 1.61. The van der Waals surface area contributed by atoms with Crippen LogP contribution >= 0.6 is 0 Å². The molecule has 1 aromatic rings. The highest BCUT2D eigenvalue weighted by molar-refractivity contribution is 5.42. The monoisotopic (exact) mass is 238 g/mol. The van der Waals surface area contributed by atoms with Crippen LogP contribution < -0.4 is 9.47 Å². The van der Waals surface area contributed by atoms with E-state index in [-0.39, 0.29) is 6.61 Å². The second-order valence-electron chi connectivity index (χ2n) is 4.53. The minimum Gasteiger partial charge on any atom is -0.493 e. The van der Waals surface area contributed by atoms with Crippen molar-refractivity contribution in [3.05, 3.63) is 23.8 Å². The zero-order chi connectivity index (χ0) is 12.7. The van der Waals surface area contributed by atoms with E-state index < -0.39 is 0 Å². The van der Waals surface area contributed by atoms with Crippen molar-refractivity contribution in [2.45, 2.75) is 33.3 Å². The van der Waals surface area contributed by atoms with Crippen molar-refractivity contribution in [1.29, 1.82) is 0 Å². The third kappa shape index (κ3) is 4.65. The van der Waals surface area contributed by atoms with Gasteiger partial charge in [-0.3, -0.25) is 0 Å². The molecule has 17 heavy (non-hydrogen) atoms. The molecule has 0 spiro atoms. The maximum Gasteiger partial charge on any atom is 0.161 e. The number of benzene rings is 1. The van der Waals surface area contributed by atoms with E-state index >= 15 is 0 Å². The lowest BCUT2D eigenvalue weighted by Crippen LogP contribution is -2.01. The van der Waals surface area contributed by atoms with Crippen LogP contribution in [0.5, 0.6) is 11.5 Å². The average Bonchev–Trinajstić information content (AvgIpc) is 2.34. The molecule has 0 saturated carbocycles. The predicted molar refractivity (Wildman–Crippen MR) is 68.5 cm³/mol. The maximum atomic E-state index is 9.07. The Kier molecular flexibility index (Phi) is 5.84. The van der Waals surface area contributed by atoms with Crippen molar-refractivity contribution in [2.24, 2.45) is 5.92 Å². The summed E-state index contributed by atoms with van der Waals surface area (Å²) in [6.07, 6.45) is 2.19. The summed E-state index contributed by atoms with van der Waals surface area (Å²) < 4.78 is 10.9. The lowest BCUT2D eigenvalue weighted by molar-refractivity contribution is 0.270. The van der Waals surface area contributed by atoms with Crippen molar-refractivity contribution in [3.8, 4) is 11.5 Å². The molecule has 1 rings (SSSR count). The predicted octanol–water partition coefficient (Wildman–Crippen LogP) is 3.00. The quantitative estimate of drug-likeness (QED) is 0.742. The number of aliphatic hydroxyl groups is 1. The second-order valence-corrected chi connectivity index (χ2v) is 4.53. The van der Waals surface area contributed by atoms with Crippen molar-refractivity contribution >= 4 is 0 Å². The molecule has 0 saturated heterocycles. The van der Waals surface area contributed by atoms with Gasteiger partial charge in [-0.1, -0.05) is 19.9 Å². The summed E-state index contributed by atoms with van der Waals surface area (Å²) in [4.78, 5) is 0. The lowest BCUT2D eigenvalue weighted by Gasteiger charge is -2.12. The first kappa shape index (κ1) is 13.8. The van der Waals surface area contributed by atoms with Crippen molar-refractivity contribution in [2.75, 3.05) is 13.7 Å². The highest BCUT2D eigenvalue weighted by Gasteiger charge is 2.05. The normalized spacial score (nSPS) is 10.6. The molecule has 0 radical (unpaired) electrons. The molecular weight excluding hydrogens is 216 g/mol. The fourth-order valence-corrected chi connectivity index (χ4v) is 1.61. The van der Waals surface area contributed by atoms with Crippen LogP contribution in [0.15, 0.2) is 18.2 Å². The summed E-state index contributed by atoms with van der Waals surface area (Å²) in [5.74, 6) is 2.12. The second kappa shape index (κ2) is 7.17. The van der Waals surface area contributed by atoms with Gasteiger partial charge in [0.15, 0.2) is 11.5 Å². The summed E-state index contributed by atoms with van der Waals surface area (Å²) >= 11 is 0. The Balaban J connectivity index is 2.55. The van der Waals surface area contributed by atoms with Gasteiger partial charge in [-0.25, -0.2) is 0 Å². The number of methoxy groups -OCH3 is 1. The third-order valence-corrected chi connectivity index (χ3v) is 2.59. The van der Waals surface area contributed by atoms with Crippen LogP contribution in [0.2, 0.25) is 0 Å². The van der Waals surface area contributed by atoms with Gasteiger partial charge in [0.05, 0.1) is 20.3 Å². The standard InChI is InChI=1S/C14H22O3/c1-11(2)5-4-8-17-14-9-12(10-15)6-7-13(14)16-3/h6-7,9,11,15H,4-5,8,10H2,1-3H3. The van der Waals surface area contributed by atoms with Gasteiger partial charge in [-0.2, -0.15) is 0 Å². The summed E-state index contributed by atoms with van der Waals surface area (Å²) in [5.41, 5.74) is 0.838. The number of ether oxygens (including phenoxy) is 2. The Morgan fingerprint density at radius 1 is 1.24 bits per heavy atom. The lowest BCUT2D eigenvalue weighted by atomic mass is 10.1. The molecule has 0 amide bonds. The molecule has 0 atom stereocenters. The van der Waals surface area contributed by atoms with Crippen LogP contribution in [0.4, 0.5) is 0 Å². The van der Waals surface area contributed by atoms with Crippen molar-refractivity contribution in [3.63, 3.8) is 0 Å². The number of rotatable bonds is 7. The summed E-state index contributed by atoms with van der Waals surface area (Å²) in [6, 6.07) is 5.48. The molecule has 1 N–H and O–H groups in total. The minimum atomic E-state index is 0.0202. The fraction of sp³-hybridized carbons (Fsp3) is 0.571. The van der Waals surface area contributed by atoms with E-state index in [9.17, 15) is 0 Å². The first-order valence-electron chi connectivity index (χ1n) is 6.08. The Bertz CT molecular complexity index is 334. The molecule has 0 heterocycles. The zero-order valence-electron chi connectivity index (χ0n) is 10.9. The van der Waals surface area contributed by atoms with E-state index in [2.05, 4.69) is 13.8 Å². The molecule has 0 fully saturated rings. The van der Waals surface area contributed by atoms with Gasteiger partial charge in [0.25, 0.3) is 0 Å². The van der Waals surface area contributed by atoms with Crippen LogP contribution in [0, 0.1) is 5.92 Å². The molecule has 1 aromatic carbocycles. The molecule has 3 nitrogen and oxygen atoms in total. The molecular formula is C14H22O3.